The van der Waals surface area contributed by atoms with E-state index in [0.717, 1.165) is 19.4 Å². The maximum absolute atomic E-state index is 12.1. The highest BCUT2D eigenvalue weighted by Crippen LogP contribution is 2.37. The molecular formula is C13H18N4O3. The van der Waals surface area contributed by atoms with Crippen LogP contribution in [0, 0.1) is 10.1 Å². The van der Waals surface area contributed by atoms with Gasteiger partial charge >= 0.3 is 0 Å². The van der Waals surface area contributed by atoms with Gasteiger partial charge in [-0.15, -0.1) is 0 Å². The van der Waals surface area contributed by atoms with Crippen molar-refractivity contribution in [3.8, 4) is 0 Å². The van der Waals surface area contributed by atoms with Crippen LogP contribution in [0.4, 0.5) is 5.69 Å². The standard InChI is InChI=1S/C13H18N4O3/c18-13(15-6-5-14-9-1-2-9)12-7-11(17(19)20)8-16(12)10-3-4-10/h7-10,14H,1-6H2,(H,15,18). The maximum atomic E-state index is 12.1. The normalized spacial score (nSPS) is 18.0. The van der Waals surface area contributed by atoms with Gasteiger partial charge in [0.15, 0.2) is 0 Å². The summed E-state index contributed by atoms with van der Waals surface area (Å²) in [4.78, 5) is 22.5. The van der Waals surface area contributed by atoms with Gasteiger partial charge in [0.2, 0.25) is 0 Å². The highest BCUT2D eigenvalue weighted by molar-refractivity contribution is 5.93. The molecule has 0 aromatic carbocycles. The van der Waals surface area contributed by atoms with E-state index in [1.807, 2.05) is 0 Å². The second-order valence-electron chi connectivity index (χ2n) is 5.46. The van der Waals surface area contributed by atoms with Gasteiger partial charge in [-0.25, -0.2) is 0 Å². The van der Waals surface area contributed by atoms with E-state index in [1.54, 1.807) is 4.57 Å². The van der Waals surface area contributed by atoms with Crippen molar-refractivity contribution in [2.75, 3.05) is 13.1 Å². The fraction of sp³-hybridized carbons (Fsp3) is 0.615. The molecule has 0 atom stereocenters. The molecule has 1 aromatic heterocycles. The number of hydrogen-bond donors (Lipinski definition) is 2. The lowest BCUT2D eigenvalue weighted by Gasteiger charge is -2.08. The SMILES string of the molecule is O=C(NCCNC1CC1)c1cc([N+](=O)[O-])cn1C1CC1. The summed E-state index contributed by atoms with van der Waals surface area (Å²) in [5, 5.41) is 16.9. The largest absolute Gasteiger partial charge is 0.349 e. The molecule has 20 heavy (non-hydrogen) atoms. The summed E-state index contributed by atoms with van der Waals surface area (Å²) in [7, 11) is 0. The first-order valence-corrected chi connectivity index (χ1v) is 7.03. The Morgan fingerprint density at radius 3 is 2.70 bits per heavy atom. The maximum Gasteiger partial charge on any atom is 0.287 e. The Bertz CT molecular complexity index is 532. The Labute approximate surface area is 116 Å². The Balaban J connectivity index is 1.61. The number of carbonyl (C=O) groups is 1. The Morgan fingerprint density at radius 2 is 2.10 bits per heavy atom. The minimum Gasteiger partial charge on any atom is -0.349 e. The Kier molecular flexibility index (Phi) is 3.43. The van der Waals surface area contributed by atoms with Gasteiger partial charge in [0.1, 0.15) is 5.69 Å². The van der Waals surface area contributed by atoms with E-state index in [1.165, 1.54) is 25.1 Å². The van der Waals surface area contributed by atoms with Gasteiger partial charge < -0.3 is 15.2 Å². The highest BCUT2D eigenvalue weighted by Gasteiger charge is 2.30. The minimum absolute atomic E-state index is 0.0156. The molecule has 0 saturated heterocycles. The second kappa shape index (κ2) is 5.24. The molecule has 0 bridgehead atoms. The lowest BCUT2D eigenvalue weighted by atomic mass is 10.3. The van der Waals surface area contributed by atoms with Crippen LogP contribution in [0.25, 0.3) is 0 Å². The third-order valence-corrected chi connectivity index (χ3v) is 3.64. The fourth-order valence-electron chi connectivity index (χ4n) is 2.23. The van der Waals surface area contributed by atoms with E-state index in [9.17, 15) is 14.9 Å². The molecule has 0 radical (unpaired) electrons. The van der Waals surface area contributed by atoms with Crippen molar-refractivity contribution in [2.24, 2.45) is 0 Å². The van der Waals surface area contributed by atoms with Crippen LogP contribution in [0.5, 0.6) is 0 Å². The van der Waals surface area contributed by atoms with Crippen molar-refractivity contribution in [3.05, 3.63) is 28.1 Å². The number of nitro groups is 1. The zero-order valence-corrected chi connectivity index (χ0v) is 11.2. The summed E-state index contributed by atoms with van der Waals surface area (Å²) in [6, 6.07) is 2.22. The molecule has 1 aromatic rings. The van der Waals surface area contributed by atoms with E-state index in [2.05, 4.69) is 10.6 Å². The molecule has 7 nitrogen and oxygen atoms in total. The van der Waals surface area contributed by atoms with Crippen LogP contribution in [-0.2, 0) is 0 Å². The van der Waals surface area contributed by atoms with E-state index in [-0.39, 0.29) is 17.6 Å². The number of carbonyl (C=O) groups excluding carboxylic acids is 1. The molecule has 2 aliphatic carbocycles. The van der Waals surface area contributed by atoms with Gasteiger partial charge in [-0.2, -0.15) is 0 Å². The average molecular weight is 278 g/mol. The van der Waals surface area contributed by atoms with Crippen LogP contribution < -0.4 is 10.6 Å². The molecule has 2 N–H and O–H groups in total. The van der Waals surface area contributed by atoms with Gasteiger partial charge in [-0.3, -0.25) is 14.9 Å². The molecule has 2 fully saturated rings. The predicted molar refractivity (Wildman–Crippen MR) is 72.7 cm³/mol. The first kappa shape index (κ1) is 13.1. The number of hydrogen-bond acceptors (Lipinski definition) is 4. The number of nitrogens with one attached hydrogen (secondary N) is 2. The van der Waals surface area contributed by atoms with E-state index < -0.39 is 4.92 Å². The molecular weight excluding hydrogens is 260 g/mol. The van der Waals surface area contributed by atoms with Gasteiger partial charge in [0.05, 0.1) is 11.1 Å². The number of rotatable bonds is 7. The Morgan fingerprint density at radius 1 is 1.35 bits per heavy atom. The molecule has 0 unspecified atom stereocenters. The molecule has 108 valence electrons. The van der Waals surface area contributed by atoms with Gasteiger partial charge in [0, 0.05) is 31.2 Å². The van der Waals surface area contributed by atoms with Crippen LogP contribution >= 0.6 is 0 Å². The van der Waals surface area contributed by atoms with E-state index >= 15 is 0 Å². The summed E-state index contributed by atoms with van der Waals surface area (Å²) in [6.07, 6.45) is 5.86. The summed E-state index contributed by atoms with van der Waals surface area (Å²) in [5.41, 5.74) is 0.378. The summed E-state index contributed by atoms with van der Waals surface area (Å²) < 4.78 is 1.74. The number of amides is 1. The van der Waals surface area contributed by atoms with Gasteiger partial charge in [-0.05, 0) is 25.7 Å². The van der Waals surface area contributed by atoms with Crippen molar-refractivity contribution in [1.82, 2.24) is 15.2 Å². The van der Waals surface area contributed by atoms with Crippen molar-refractivity contribution in [2.45, 2.75) is 37.8 Å². The summed E-state index contributed by atoms with van der Waals surface area (Å²) >= 11 is 0. The molecule has 7 heteroatoms. The second-order valence-corrected chi connectivity index (χ2v) is 5.46. The average Bonchev–Trinajstić information content (AvgIpc) is 3.33. The summed E-state index contributed by atoms with van der Waals surface area (Å²) in [5.74, 6) is -0.234. The predicted octanol–water partition coefficient (Wildman–Crippen LogP) is 1.21. The third-order valence-electron chi connectivity index (χ3n) is 3.64. The van der Waals surface area contributed by atoms with Crippen molar-refractivity contribution in [3.63, 3.8) is 0 Å². The van der Waals surface area contributed by atoms with Crippen LogP contribution in [0.1, 0.15) is 42.2 Å². The molecule has 2 saturated carbocycles. The molecule has 2 aliphatic rings. The van der Waals surface area contributed by atoms with E-state index in [0.29, 0.717) is 18.3 Å². The summed E-state index contributed by atoms with van der Waals surface area (Å²) in [6.45, 7) is 1.28. The van der Waals surface area contributed by atoms with Gasteiger partial charge in [-0.1, -0.05) is 0 Å². The van der Waals surface area contributed by atoms with Crippen LogP contribution in [0.3, 0.4) is 0 Å². The van der Waals surface area contributed by atoms with Crippen LogP contribution in [0.2, 0.25) is 0 Å². The quantitative estimate of drug-likeness (QED) is 0.446. The smallest absolute Gasteiger partial charge is 0.287 e. The number of nitrogens with zero attached hydrogens (tertiary/aromatic N) is 2. The lowest BCUT2D eigenvalue weighted by Crippen LogP contribution is -2.33. The zero-order valence-electron chi connectivity index (χ0n) is 11.2. The monoisotopic (exact) mass is 278 g/mol. The first-order chi connectivity index (χ1) is 9.65. The van der Waals surface area contributed by atoms with Gasteiger partial charge in [0.25, 0.3) is 11.6 Å². The molecule has 1 amide bonds. The number of aromatic nitrogens is 1. The molecule has 0 spiro atoms. The fourth-order valence-corrected chi connectivity index (χ4v) is 2.23. The third kappa shape index (κ3) is 2.98. The Hall–Kier alpha value is -1.89. The van der Waals surface area contributed by atoms with Crippen LogP contribution in [0.15, 0.2) is 12.3 Å². The topological polar surface area (TPSA) is 89.2 Å². The van der Waals surface area contributed by atoms with Crippen molar-refractivity contribution in [1.29, 1.82) is 0 Å². The van der Waals surface area contributed by atoms with Crippen molar-refractivity contribution >= 4 is 11.6 Å². The minimum atomic E-state index is -0.454. The van der Waals surface area contributed by atoms with Crippen molar-refractivity contribution < 1.29 is 9.72 Å². The molecule has 0 aliphatic heterocycles. The van der Waals surface area contributed by atoms with E-state index in [4.69, 9.17) is 0 Å². The molecule has 3 rings (SSSR count). The van der Waals surface area contributed by atoms with Crippen LogP contribution in [-0.4, -0.2) is 34.5 Å². The zero-order chi connectivity index (χ0) is 14.1. The first-order valence-electron chi connectivity index (χ1n) is 7.03. The molecule has 1 heterocycles. The highest BCUT2D eigenvalue weighted by atomic mass is 16.6. The lowest BCUT2D eigenvalue weighted by molar-refractivity contribution is -0.384.